The molecule has 0 heterocycles. The van der Waals surface area contributed by atoms with Crippen LogP contribution in [0, 0.1) is 0 Å². The zero-order chi connectivity index (χ0) is 10.8. The molecule has 2 nitrogen and oxygen atoms in total. The summed E-state index contributed by atoms with van der Waals surface area (Å²) in [6.07, 6.45) is -5.23. The molecule has 0 aromatic heterocycles. The average Bonchev–Trinajstić information content (AvgIpc) is 2.01. The van der Waals surface area contributed by atoms with E-state index in [-0.39, 0.29) is 6.42 Å². The van der Waals surface area contributed by atoms with Gasteiger partial charge in [-0.3, -0.25) is 0 Å². The first-order valence-electron chi connectivity index (χ1n) is 4.10. The first-order chi connectivity index (χ1) is 6.40. The summed E-state index contributed by atoms with van der Waals surface area (Å²) < 4.78 is 35.8. The minimum Gasteiger partial charge on any atom is -0.398 e. The number of hydrogen-bond acceptors (Lipinski definition) is 2. The lowest BCUT2D eigenvalue weighted by Crippen LogP contribution is -2.10. The number of rotatable bonds is 2. The van der Waals surface area contributed by atoms with Gasteiger partial charge in [-0.05, 0) is 24.1 Å². The summed E-state index contributed by atoms with van der Waals surface area (Å²) in [5, 5.41) is 0. The topological polar surface area (TPSA) is 52.0 Å². The largest absolute Gasteiger partial charge is 0.398 e. The van der Waals surface area contributed by atoms with Crippen molar-refractivity contribution in [1.29, 1.82) is 0 Å². The Morgan fingerprint density at radius 1 is 1.07 bits per heavy atom. The van der Waals surface area contributed by atoms with Gasteiger partial charge in [0.25, 0.3) is 0 Å². The molecule has 0 amide bonds. The van der Waals surface area contributed by atoms with E-state index in [1.54, 1.807) is 18.2 Å². The molecule has 1 aromatic carbocycles. The summed E-state index contributed by atoms with van der Waals surface area (Å²) >= 11 is 0. The van der Waals surface area contributed by atoms with E-state index < -0.39 is 12.6 Å². The third-order valence-electron chi connectivity index (χ3n) is 1.91. The second-order valence-electron chi connectivity index (χ2n) is 3.03. The molecule has 0 fully saturated rings. The summed E-state index contributed by atoms with van der Waals surface area (Å²) in [5.41, 5.74) is 12.0. The maximum atomic E-state index is 11.9. The van der Waals surface area contributed by atoms with Gasteiger partial charge in [0.2, 0.25) is 0 Å². The van der Waals surface area contributed by atoms with Gasteiger partial charge in [-0.25, -0.2) is 0 Å². The van der Waals surface area contributed by atoms with E-state index in [1.807, 2.05) is 0 Å². The Balaban J connectivity index is 2.77. The zero-order valence-electron chi connectivity index (χ0n) is 7.43. The van der Waals surface area contributed by atoms with Crippen LogP contribution >= 0.6 is 0 Å². The lowest BCUT2D eigenvalue weighted by molar-refractivity contribution is -0.133. The minimum atomic E-state index is -4.17. The van der Waals surface area contributed by atoms with Gasteiger partial charge in [0, 0.05) is 17.8 Å². The zero-order valence-corrected chi connectivity index (χ0v) is 7.43. The maximum absolute atomic E-state index is 11.9. The van der Waals surface area contributed by atoms with Crippen LogP contribution in [0.3, 0.4) is 0 Å². The number of hydrogen-bond donors (Lipinski definition) is 2. The highest BCUT2D eigenvalue weighted by Crippen LogP contribution is 2.27. The summed E-state index contributed by atoms with van der Waals surface area (Å²) in [7, 11) is 0. The molecule has 0 saturated heterocycles. The Morgan fingerprint density at radius 2 is 1.57 bits per heavy atom. The van der Waals surface area contributed by atoms with Crippen molar-refractivity contribution in [3.63, 3.8) is 0 Å². The van der Waals surface area contributed by atoms with Crippen LogP contribution in [-0.2, 0) is 6.42 Å². The van der Waals surface area contributed by atoms with Gasteiger partial charge in [-0.2, -0.15) is 13.2 Å². The van der Waals surface area contributed by atoms with Gasteiger partial charge < -0.3 is 11.5 Å². The highest BCUT2D eigenvalue weighted by Gasteiger charge is 2.27. The molecule has 0 saturated carbocycles. The van der Waals surface area contributed by atoms with E-state index in [0.717, 1.165) is 0 Å². The number of alkyl halides is 3. The Morgan fingerprint density at radius 3 is 2.00 bits per heavy atom. The number of benzene rings is 1. The maximum Gasteiger partial charge on any atom is 0.389 e. The van der Waals surface area contributed by atoms with Crippen LogP contribution in [0.25, 0.3) is 0 Å². The molecule has 78 valence electrons. The number of halogens is 3. The summed E-state index contributed by atoms with van der Waals surface area (Å²) in [6, 6.07) is 4.70. The molecule has 0 bridgehead atoms. The fourth-order valence-electron chi connectivity index (χ4n) is 1.18. The average molecular weight is 204 g/mol. The Labute approximate surface area is 79.7 Å². The van der Waals surface area contributed by atoms with Gasteiger partial charge in [-0.15, -0.1) is 0 Å². The van der Waals surface area contributed by atoms with E-state index in [1.165, 1.54) is 0 Å². The van der Waals surface area contributed by atoms with Crippen molar-refractivity contribution >= 4 is 11.4 Å². The summed E-state index contributed by atoms with van der Waals surface area (Å²) in [6.45, 7) is 0. The summed E-state index contributed by atoms with van der Waals surface area (Å²) in [5.74, 6) is 0. The van der Waals surface area contributed by atoms with Gasteiger partial charge in [0.15, 0.2) is 0 Å². The van der Waals surface area contributed by atoms with Crippen molar-refractivity contribution in [3.8, 4) is 0 Å². The monoisotopic (exact) mass is 204 g/mol. The van der Waals surface area contributed by atoms with E-state index in [2.05, 4.69) is 0 Å². The first-order valence-corrected chi connectivity index (χ1v) is 4.10. The van der Waals surface area contributed by atoms with Crippen LogP contribution in [0.4, 0.5) is 24.5 Å². The molecule has 0 radical (unpaired) electrons. The van der Waals surface area contributed by atoms with Gasteiger partial charge in [0.1, 0.15) is 0 Å². The van der Waals surface area contributed by atoms with Crippen molar-refractivity contribution < 1.29 is 13.2 Å². The highest BCUT2D eigenvalue weighted by atomic mass is 19.4. The van der Waals surface area contributed by atoms with E-state index in [0.29, 0.717) is 16.9 Å². The molecule has 0 unspecified atom stereocenters. The predicted octanol–water partition coefficient (Wildman–Crippen LogP) is 2.35. The van der Waals surface area contributed by atoms with E-state index >= 15 is 0 Å². The van der Waals surface area contributed by atoms with Crippen LogP contribution in [-0.4, -0.2) is 6.18 Å². The predicted molar refractivity (Wildman–Crippen MR) is 49.6 cm³/mol. The van der Waals surface area contributed by atoms with Gasteiger partial charge in [-0.1, -0.05) is 6.07 Å². The standard InChI is InChI=1S/C9H11F3N2/c10-9(11,12)5-4-6-7(13)2-1-3-8(6)14/h1-3H,4-5,13-14H2. The molecule has 0 aliphatic carbocycles. The van der Waals surface area contributed by atoms with Gasteiger partial charge in [0.05, 0.1) is 0 Å². The van der Waals surface area contributed by atoms with Crippen molar-refractivity contribution in [3.05, 3.63) is 23.8 Å². The number of nitrogen functional groups attached to an aromatic ring is 2. The molecular weight excluding hydrogens is 193 g/mol. The minimum absolute atomic E-state index is 0.165. The molecular formula is C9H11F3N2. The smallest absolute Gasteiger partial charge is 0.389 e. The van der Waals surface area contributed by atoms with Crippen LogP contribution in [0.5, 0.6) is 0 Å². The normalized spacial score (nSPS) is 11.6. The number of nitrogens with two attached hydrogens (primary N) is 2. The Hall–Kier alpha value is -1.39. The fourth-order valence-corrected chi connectivity index (χ4v) is 1.18. The third-order valence-corrected chi connectivity index (χ3v) is 1.91. The molecule has 1 aromatic rings. The van der Waals surface area contributed by atoms with Crippen molar-refractivity contribution in [1.82, 2.24) is 0 Å². The van der Waals surface area contributed by atoms with Crippen LogP contribution < -0.4 is 11.5 Å². The van der Waals surface area contributed by atoms with Crippen molar-refractivity contribution in [2.45, 2.75) is 19.0 Å². The third kappa shape index (κ3) is 2.83. The summed E-state index contributed by atoms with van der Waals surface area (Å²) in [4.78, 5) is 0. The van der Waals surface area contributed by atoms with Crippen LogP contribution in [0.2, 0.25) is 0 Å². The molecule has 4 N–H and O–H groups in total. The fraction of sp³-hybridized carbons (Fsp3) is 0.333. The second-order valence-corrected chi connectivity index (χ2v) is 3.03. The SMILES string of the molecule is Nc1cccc(N)c1CCC(F)(F)F. The molecule has 0 spiro atoms. The highest BCUT2D eigenvalue weighted by molar-refractivity contribution is 5.61. The molecule has 14 heavy (non-hydrogen) atoms. The van der Waals surface area contributed by atoms with Crippen molar-refractivity contribution in [2.24, 2.45) is 0 Å². The molecule has 0 aliphatic rings. The van der Waals surface area contributed by atoms with E-state index in [9.17, 15) is 13.2 Å². The molecule has 1 rings (SSSR count). The number of anilines is 2. The lowest BCUT2D eigenvalue weighted by Gasteiger charge is -2.10. The first kappa shape index (κ1) is 10.7. The second kappa shape index (κ2) is 3.77. The van der Waals surface area contributed by atoms with E-state index in [4.69, 9.17) is 11.5 Å². The molecule has 0 aliphatic heterocycles. The van der Waals surface area contributed by atoms with Crippen molar-refractivity contribution in [2.75, 3.05) is 11.5 Å². The molecule has 0 atom stereocenters. The quantitative estimate of drug-likeness (QED) is 0.726. The Kier molecular flexibility index (Phi) is 2.88. The molecule has 5 heteroatoms. The Bertz CT molecular complexity index is 300. The van der Waals surface area contributed by atoms with Crippen LogP contribution in [0.1, 0.15) is 12.0 Å². The van der Waals surface area contributed by atoms with Crippen LogP contribution in [0.15, 0.2) is 18.2 Å². The van der Waals surface area contributed by atoms with Gasteiger partial charge >= 0.3 is 6.18 Å². The lowest BCUT2D eigenvalue weighted by atomic mass is 10.1.